The molecule has 5 rings (SSSR count). The van der Waals surface area contributed by atoms with Gasteiger partial charge in [0.05, 0.1) is 5.69 Å². The number of fused-ring (bicyclic) bond motifs is 3. The van der Waals surface area contributed by atoms with Crippen LogP contribution in [0.3, 0.4) is 0 Å². The Bertz CT molecular complexity index is 1030. The van der Waals surface area contributed by atoms with Crippen molar-refractivity contribution in [3.63, 3.8) is 0 Å². The smallest absolute Gasteiger partial charge is 0.317 e. The molecule has 3 aromatic heterocycles. The first-order valence-corrected chi connectivity index (χ1v) is 9.71. The molecular weight excluding hydrogens is 340 g/mol. The second kappa shape index (κ2) is 5.84. The molecule has 27 heavy (non-hydrogen) atoms. The summed E-state index contributed by atoms with van der Waals surface area (Å²) in [7, 11) is 0. The van der Waals surface area contributed by atoms with Crippen molar-refractivity contribution in [2.75, 3.05) is 19.6 Å². The van der Waals surface area contributed by atoms with Crippen LogP contribution in [0.5, 0.6) is 0 Å². The van der Waals surface area contributed by atoms with Crippen molar-refractivity contribution in [1.29, 1.82) is 0 Å². The molecule has 2 amide bonds. The molecule has 2 N–H and O–H groups in total. The van der Waals surface area contributed by atoms with E-state index in [2.05, 4.69) is 39.0 Å². The summed E-state index contributed by atoms with van der Waals surface area (Å²) in [5.41, 5.74) is 5.54. The number of urea groups is 1. The van der Waals surface area contributed by atoms with Crippen molar-refractivity contribution >= 4 is 17.1 Å². The highest BCUT2D eigenvalue weighted by atomic mass is 16.2. The number of hydrogen-bond donors (Lipinski definition) is 2. The van der Waals surface area contributed by atoms with Crippen LogP contribution in [0, 0.1) is 0 Å². The van der Waals surface area contributed by atoms with E-state index in [0.29, 0.717) is 6.54 Å². The quantitative estimate of drug-likeness (QED) is 0.750. The van der Waals surface area contributed by atoms with E-state index in [4.69, 9.17) is 5.10 Å². The Balaban J connectivity index is 1.44. The van der Waals surface area contributed by atoms with Gasteiger partial charge in [0.1, 0.15) is 5.65 Å². The van der Waals surface area contributed by atoms with Crippen LogP contribution in [0.2, 0.25) is 0 Å². The van der Waals surface area contributed by atoms with Gasteiger partial charge in [0.25, 0.3) is 0 Å². The van der Waals surface area contributed by atoms with Crippen molar-refractivity contribution in [1.82, 2.24) is 30.0 Å². The zero-order chi connectivity index (χ0) is 18.6. The van der Waals surface area contributed by atoms with Gasteiger partial charge in [-0.3, -0.25) is 4.68 Å². The van der Waals surface area contributed by atoms with Crippen LogP contribution in [-0.2, 0) is 18.4 Å². The number of H-pyrrole nitrogens is 1. The second-order valence-corrected chi connectivity index (χ2v) is 7.65. The highest BCUT2D eigenvalue weighted by molar-refractivity contribution is 5.84. The van der Waals surface area contributed by atoms with Crippen molar-refractivity contribution < 1.29 is 4.79 Å². The van der Waals surface area contributed by atoms with E-state index < -0.39 is 0 Å². The van der Waals surface area contributed by atoms with E-state index in [1.54, 1.807) is 0 Å². The molecule has 3 aromatic rings. The Kier molecular flexibility index (Phi) is 3.54. The summed E-state index contributed by atoms with van der Waals surface area (Å²) in [6.45, 7) is 7.24. The lowest BCUT2D eigenvalue weighted by Gasteiger charge is -2.47. The molecule has 0 saturated carbocycles. The summed E-state index contributed by atoms with van der Waals surface area (Å²) < 4.78 is 2.12. The Morgan fingerprint density at radius 1 is 1.33 bits per heavy atom. The van der Waals surface area contributed by atoms with Crippen LogP contribution in [0.15, 0.2) is 24.5 Å². The normalized spacial score (nSPS) is 17.3. The maximum atomic E-state index is 12.0. The first kappa shape index (κ1) is 16.4. The number of pyridine rings is 1. The van der Waals surface area contributed by atoms with Gasteiger partial charge in [0.15, 0.2) is 0 Å². The number of nitrogens with zero attached hydrogens (tertiary/aromatic N) is 4. The molecule has 7 nitrogen and oxygen atoms in total. The first-order valence-electron chi connectivity index (χ1n) is 9.71. The summed E-state index contributed by atoms with van der Waals surface area (Å²) in [5.74, 6) is 0. The molecule has 2 aliphatic heterocycles. The van der Waals surface area contributed by atoms with Gasteiger partial charge in [0.2, 0.25) is 0 Å². The largest absolute Gasteiger partial charge is 0.346 e. The number of carbonyl (C=O) groups is 1. The third kappa shape index (κ3) is 2.37. The van der Waals surface area contributed by atoms with Gasteiger partial charge in [-0.25, -0.2) is 9.78 Å². The summed E-state index contributed by atoms with van der Waals surface area (Å²) in [6, 6.07) is 4.42. The Morgan fingerprint density at radius 3 is 2.96 bits per heavy atom. The zero-order valence-corrected chi connectivity index (χ0v) is 15.7. The highest BCUT2D eigenvalue weighted by Crippen LogP contribution is 2.43. The number of rotatable bonds is 3. The molecule has 0 unspecified atom stereocenters. The molecular formula is C20H24N6O. The number of likely N-dealkylation sites (tertiary alicyclic amines) is 1. The Hall–Kier alpha value is -2.83. The fourth-order valence-corrected chi connectivity index (χ4v) is 4.50. The van der Waals surface area contributed by atoms with Gasteiger partial charge < -0.3 is 15.2 Å². The molecule has 0 radical (unpaired) electrons. The molecule has 1 fully saturated rings. The third-order valence-corrected chi connectivity index (χ3v) is 6.02. The fraction of sp³-hybridized carbons (Fsp3) is 0.450. The molecule has 1 spiro atoms. The third-order valence-electron chi connectivity index (χ3n) is 6.02. The number of carbonyl (C=O) groups excluding carboxylic acids is 1. The van der Waals surface area contributed by atoms with Crippen molar-refractivity contribution in [2.24, 2.45) is 0 Å². The molecule has 140 valence electrons. The SMILES string of the molecule is CCNC(=O)N1CC2(CCn3nc(-c4cnc5[nH]cc(CC)c5c4)cc32)C1. The molecule has 5 heterocycles. The lowest BCUT2D eigenvalue weighted by Crippen LogP contribution is -2.62. The van der Waals surface area contributed by atoms with E-state index in [1.165, 1.54) is 16.6 Å². The predicted molar refractivity (Wildman–Crippen MR) is 104 cm³/mol. The van der Waals surface area contributed by atoms with Gasteiger partial charge in [-0.15, -0.1) is 0 Å². The molecule has 7 heteroatoms. The fourth-order valence-electron chi connectivity index (χ4n) is 4.50. The van der Waals surface area contributed by atoms with Crippen LogP contribution in [0.4, 0.5) is 4.79 Å². The molecule has 0 aliphatic carbocycles. The number of aromatic amines is 1. The number of amides is 2. The van der Waals surface area contributed by atoms with E-state index in [-0.39, 0.29) is 11.4 Å². The van der Waals surface area contributed by atoms with Crippen molar-refractivity contribution in [2.45, 2.75) is 38.6 Å². The van der Waals surface area contributed by atoms with E-state index in [9.17, 15) is 4.79 Å². The number of hydrogen-bond acceptors (Lipinski definition) is 3. The van der Waals surface area contributed by atoms with Crippen LogP contribution >= 0.6 is 0 Å². The lowest BCUT2D eigenvalue weighted by atomic mass is 9.76. The van der Waals surface area contributed by atoms with Crippen LogP contribution in [0.1, 0.15) is 31.5 Å². The topological polar surface area (TPSA) is 78.8 Å². The minimum absolute atomic E-state index is 0.0375. The van der Waals surface area contributed by atoms with E-state index in [0.717, 1.165) is 49.4 Å². The monoisotopic (exact) mass is 364 g/mol. The van der Waals surface area contributed by atoms with Crippen LogP contribution in [0.25, 0.3) is 22.3 Å². The maximum absolute atomic E-state index is 12.0. The molecule has 0 aromatic carbocycles. The van der Waals surface area contributed by atoms with Gasteiger partial charge in [0, 0.05) is 60.6 Å². The number of nitrogens with one attached hydrogen (secondary N) is 2. The Labute approximate surface area is 157 Å². The molecule has 1 saturated heterocycles. The molecule has 2 aliphatic rings. The molecule has 0 bridgehead atoms. The minimum Gasteiger partial charge on any atom is -0.346 e. The highest BCUT2D eigenvalue weighted by Gasteiger charge is 2.51. The Morgan fingerprint density at radius 2 is 2.19 bits per heavy atom. The van der Waals surface area contributed by atoms with Gasteiger partial charge in [-0.1, -0.05) is 6.92 Å². The lowest BCUT2D eigenvalue weighted by molar-refractivity contribution is 0.0925. The standard InChI is InChI=1S/C20H24N6O/c1-3-13-9-22-18-15(13)7-14(10-23-18)16-8-17-20(5-6-26(17)24-16)11-25(12-20)19(27)21-4-2/h7-10H,3-6,11-12H2,1-2H3,(H,21,27)(H,22,23). The first-order chi connectivity index (χ1) is 13.1. The van der Waals surface area contributed by atoms with Crippen LogP contribution < -0.4 is 5.32 Å². The number of aryl methyl sites for hydroxylation is 2. The summed E-state index contributed by atoms with van der Waals surface area (Å²) >= 11 is 0. The van der Waals surface area contributed by atoms with Crippen LogP contribution in [-0.4, -0.2) is 50.3 Å². The molecule has 0 atom stereocenters. The minimum atomic E-state index is 0.0375. The van der Waals surface area contributed by atoms with Gasteiger partial charge in [-0.2, -0.15) is 5.10 Å². The number of aromatic nitrogens is 4. The maximum Gasteiger partial charge on any atom is 0.317 e. The average molecular weight is 364 g/mol. The summed E-state index contributed by atoms with van der Waals surface area (Å²) in [6.07, 6.45) is 5.96. The average Bonchev–Trinajstić information content (AvgIpc) is 3.32. The van der Waals surface area contributed by atoms with Gasteiger partial charge in [-0.05, 0) is 37.5 Å². The van der Waals surface area contributed by atoms with E-state index >= 15 is 0 Å². The summed E-state index contributed by atoms with van der Waals surface area (Å²) in [5, 5.41) is 8.90. The zero-order valence-electron chi connectivity index (χ0n) is 15.7. The summed E-state index contributed by atoms with van der Waals surface area (Å²) in [4.78, 5) is 21.7. The van der Waals surface area contributed by atoms with E-state index in [1.807, 2.05) is 24.2 Å². The van der Waals surface area contributed by atoms with Crippen molar-refractivity contribution in [3.8, 4) is 11.3 Å². The van der Waals surface area contributed by atoms with Gasteiger partial charge >= 0.3 is 6.03 Å². The predicted octanol–water partition coefficient (Wildman–Crippen LogP) is 2.68. The van der Waals surface area contributed by atoms with Crippen molar-refractivity contribution in [3.05, 3.63) is 35.8 Å². The second-order valence-electron chi connectivity index (χ2n) is 7.65.